The SMILES string of the molecule is CCCCCC[NH2+][C@@H](CC(=O)Nc1ccc(Cl)cc1)C(=O)[O-]. The average Bonchev–Trinajstić information content (AvgIpc) is 2.48. The van der Waals surface area contributed by atoms with Crippen LogP contribution in [0.4, 0.5) is 5.69 Å². The molecule has 0 saturated heterocycles. The van der Waals surface area contributed by atoms with Crippen molar-refractivity contribution >= 4 is 29.2 Å². The zero-order valence-corrected chi connectivity index (χ0v) is 13.6. The number of anilines is 1. The maximum atomic E-state index is 11.9. The summed E-state index contributed by atoms with van der Waals surface area (Å²) >= 11 is 5.76. The molecule has 122 valence electrons. The molecule has 0 aliphatic carbocycles. The Morgan fingerprint density at radius 3 is 2.50 bits per heavy atom. The molecule has 0 unspecified atom stereocenters. The number of carboxylic acids is 1. The molecule has 0 aliphatic rings. The Bertz CT molecular complexity index is 477. The lowest BCUT2D eigenvalue weighted by Crippen LogP contribution is -2.93. The van der Waals surface area contributed by atoms with E-state index < -0.39 is 12.0 Å². The van der Waals surface area contributed by atoms with Gasteiger partial charge in [0, 0.05) is 10.7 Å². The second-order valence-corrected chi connectivity index (χ2v) is 5.71. The quantitative estimate of drug-likeness (QED) is 0.627. The lowest BCUT2D eigenvalue weighted by Gasteiger charge is -2.16. The molecule has 1 amide bonds. The number of quaternary nitrogens is 1. The largest absolute Gasteiger partial charge is 0.544 e. The van der Waals surface area contributed by atoms with Gasteiger partial charge >= 0.3 is 0 Å². The summed E-state index contributed by atoms with van der Waals surface area (Å²) in [5.41, 5.74) is 0.592. The van der Waals surface area contributed by atoms with E-state index in [2.05, 4.69) is 12.2 Å². The lowest BCUT2D eigenvalue weighted by molar-refractivity contribution is -0.682. The fraction of sp³-hybridized carbons (Fsp3) is 0.500. The fourth-order valence-electron chi connectivity index (χ4n) is 2.10. The summed E-state index contributed by atoms with van der Waals surface area (Å²) in [7, 11) is 0. The third kappa shape index (κ3) is 7.43. The number of unbranched alkanes of at least 4 members (excludes halogenated alkanes) is 3. The molecule has 22 heavy (non-hydrogen) atoms. The van der Waals surface area contributed by atoms with Crippen LogP contribution in [-0.2, 0) is 9.59 Å². The molecule has 1 aromatic rings. The highest BCUT2D eigenvalue weighted by Crippen LogP contribution is 2.13. The predicted octanol–water partition coefficient (Wildman–Crippen LogP) is 0.931. The van der Waals surface area contributed by atoms with Gasteiger partial charge in [0.15, 0.2) is 0 Å². The van der Waals surface area contributed by atoms with Crippen LogP contribution in [0.1, 0.15) is 39.0 Å². The number of amides is 1. The molecule has 5 nitrogen and oxygen atoms in total. The van der Waals surface area contributed by atoms with Crippen molar-refractivity contribution in [3.8, 4) is 0 Å². The van der Waals surface area contributed by atoms with Crippen molar-refractivity contribution in [1.82, 2.24) is 0 Å². The van der Waals surface area contributed by atoms with E-state index in [1.807, 2.05) is 0 Å². The molecule has 0 bridgehead atoms. The summed E-state index contributed by atoms with van der Waals surface area (Å²) in [6.45, 7) is 2.81. The Labute approximate surface area is 136 Å². The van der Waals surface area contributed by atoms with E-state index in [0.717, 1.165) is 25.7 Å². The Balaban J connectivity index is 2.39. The van der Waals surface area contributed by atoms with Gasteiger partial charge in [-0.3, -0.25) is 4.79 Å². The van der Waals surface area contributed by atoms with Crippen molar-refractivity contribution in [3.63, 3.8) is 0 Å². The monoisotopic (exact) mass is 326 g/mol. The number of nitrogens with one attached hydrogen (secondary N) is 1. The van der Waals surface area contributed by atoms with E-state index >= 15 is 0 Å². The third-order valence-electron chi connectivity index (χ3n) is 3.34. The first-order chi connectivity index (χ1) is 10.5. The highest BCUT2D eigenvalue weighted by Gasteiger charge is 2.18. The van der Waals surface area contributed by atoms with Crippen molar-refractivity contribution in [1.29, 1.82) is 0 Å². The summed E-state index contributed by atoms with van der Waals surface area (Å²) in [5, 5.41) is 16.0. The minimum absolute atomic E-state index is 0.112. The zero-order chi connectivity index (χ0) is 16.4. The average molecular weight is 327 g/mol. The van der Waals surface area contributed by atoms with Gasteiger partial charge in [-0.15, -0.1) is 0 Å². The third-order valence-corrected chi connectivity index (χ3v) is 3.60. The first kappa shape index (κ1) is 18.5. The van der Waals surface area contributed by atoms with Gasteiger partial charge in [0.05, 0.1) is 18.9 Å². The number of carbonyl (C=O) groups is 2. The van der Waals surface area contributed by atoms with E-state index in [1.165, 1.54) is 0 Å². The summed E-state index contributed by atoms with van der Waals surface area (Å²) < 4.78 is 0. The Morgan fingerprint density at radius 2 is 1.91 bits per heavy atom. The molecule has 1 rings (SSSR count). The second-order valence-electron chi connectivity index (χ2n) is 5.27. The smallest absolute Gasteiger partial charge is 0.230 e. The molecule has 6 heteroatoms. The number of aliphatic carboxylic acids is 1. The number of nitrogens with two attached hydrogens (primary N) is 1. The standard InChI is InChI=1S/C16H23ClN2O3/c1-2-3-4-5-10-18-14(16(21)22)11-15(20)19-13-8-6-12(17)7-9-13/h6-9,14,18H,2-5,10-11H2,1H3,(H,19,20)(H,21,22)/t14-/m0/s1. The normalized spacial score (nSPS) is 11.9. The van der Waals surface area contributed by atoms with Gasteiger partial charge in [-0.2, -0.15) is 0 Å². The van der Waals surface area contributed by atoms with E-state index in [9.17, 15) is 14.7 Å². The molecule has 1 atom stereocenters. The van der Waals surface area contributed by atoms with Gasteiger partial charge in [0.2, 0.25) is 5.91 Å². The summed E-state index contributed by atoms with van der Waals surface area (Å²) in [6.07, 6.45) is 4.17. The van der Waals surface area contributed by atoms with Crippen LogP contribution >= 0.6 is 11.6 Å². The predicted molar refractivity (Wildman–Crippen MR) is 84.4 cm³/mol. The second kappa shape index (κ2) is 10.2. The molecule has 0 heterocycles. The first-order valence-corrected chi connectivity index (χ1v) is 8.00. The molecular weight excluding hydrogens is 304 g/mol. The zero-order valence-electron chi connectivity index (χ0n) is 12.8. The van der Waals surface area contributed by atoms with Crippen LogP contribution in [-0.4, -0.2) is 24.5 Å². The molecule has 0 radical (unpaired) electrons. The van der Waals surface area contributed by atoms with E-state index in [4.69, 9.17) is 11.6 Å². The number of benzene rings is 1. The molecule has 1 aromatic carbocycles. The minimum atomic E-state index is -1.21. The summed E-state index contributed by atoms with van der Waals surface area (Å²) in [6, 6.07) is 5.81. The lowest BCUT2D eigenvalue weighted by atomic mass is 10.1. The van der Waals surface area contributed by atoms with Crippen molar-refractivity contribution in [2.45, 2.75) is 45.1 Å². The number of rotatable bonds is 10. The molecule has 0 fully saturated rings. The van der Waals surface area contributed by atoms with Crippen molar-refractivity contribution < 1.29 is 20.0 Å². The van der Waals surface area contributed by atoms with Gasteiger partial charge in [-0.25, -0.2) is 0 Å². The number of hydrogen-bond acceptors (Lipinski definition) is 3. The van der Waals surface area contributed by atoms with E-state index in [-0.39, 0.29) is 12.3 Å². The summed E-state index contributed by atoms with van der Waals surface area (Å²) in [4.78, 5) is 23.0. The molecule has 0 saturated carbocycles. The van der Waals surface area contributed by atoms with Crippen LogP contribution < -0.4 is 15.7 Å². The van der Waals surface area contributed by atoms with Gasteiger partial charge in [-0.1, -0.05) is 31.4 Å². The van der Waals surface area contributed by atoms with Crippen LogP contribution in [0.5, 0.6) is 0 Å². The van der Waals surface area contributed by atoms with Gasteiger partial charge in [-0.05, 0) is 37.1 Å². The van der Waals surface area contributed by atoms with Gasteiger partial charge in [0.1, 0.15) is 6.04 Å². The number of carbonyl (C=O) groups excluding carboxylic acids is 2. The topological polar surface area (TPSA) is 85.8 Å². The minimum Gasteiger partial charge on any atom is -0.544 e. The van der Waals surface area contributed by atoms with Gasteiger partial charge < -0.3 is 20.5 Å². The molecule has 3 N–H and O–H groups in total. The number of halogens is 1. The van der Waals surface area contributed by atoms with Crippen LogP contribution in [0.25, 0.3) is 0 Å². The number of carboxylic acid groups (broad SMARTS) is 1. The van der Waals surface area contributed by atoms with Gasteiger partial charge in [0.25, 0.3) is 0 Å². The fourth-order valence-corrected chi connectivity index (χ4v) is 2.22. The summed E-state index contributed by atoms with van der Waals surface area (Å²) in [5.74, 6) is -1.55. The maximum Gasteiger partial charge on any atom is 0.230 e. The number of hydrogen-bond donors (Lipinski definition) is 2. The highest BCUT2D eigenvalue weighted by molar-refractivity contribution is 6.30. The first-order valence-electron chi connectivity index (χ1n) is 7.62. The van der Waals surface area contributed by atoms with E-state index in [1.54, 1.807) is 29.6 Å². The highest BCUT2D eigenvalue weighted by atomic mass is 35.5. The Morgan fingerprint density at radius 1 is 1.23 bits per heavy atom. The van der Waals surface area contributed by atoms with Crippen molar-refractivity contribution in [2.75, 3.05) is 11.9 Å². The molecule has 0 spiro atoms. The van der Waals surface area contributed by atoms with E-state index in [0.29, 0.717) is 17.3 Å². The Kier molecular flexibility index (Phi) is 8.55. The van der Waals surface area contributed by atoms with Crippen LogP contribution in [0.15, 0.2) is 24.3 Å². The molecular formula is C16H23ClN2O3. The van der Waals surface area contributed by atoms with Crippen molar-refractivity contribution in [2.24, 2.45) is 0 Å². The Hall–Kier alpha value is -1.59. The van der Waals surface area contributed by atoms with Crippen LogP contribution in [0, 0.1) is 0 Å². The van der Waals surface area contributed by atoms with Crippen LogP contribution in [0.3, 0.4) is 0 Å². The molecule has 0 aliphatic heterocycles. The molecule has 0 aromatic heterocycles. The van der Waals surface area contributed by atoms with Crippen molar-refractivity contribution in [3.05, 3.63) is 29.3 Å². The maximum absolute atomic E-state index is 11.9. The van der Waals surface area contributed by atoms with Crippen LogP contribution in [0.2, 0.25) is 5.02 Å².